The maximum absolute atomic E-state index is 12.6. The van der Waals surface area contributed by atoms with Crippen molar-refractivity contribution >= 4 is 11.6 Å². The third kappa shape index (κ3) is 9.41. The quantitative estimate of drug-likeness (QED) is 0.680. The first-order chi connectivity index (χ1) is 14.8. The SMILES string of the molecule is CC.CF.CF.OC(CNc1cc(N2CCN(CF)CC2)ncn1)c1ccccc1. The number of hydrogen-bond acceptors (Lipinski definition) is 6. The van der Waals surface area contributed by atoms with Gasteiger partial charge in [0.15, 0.2) is 0 Å². The highest BCUT2D eigenvalue weighted by Gasteiger charge is 2.18. The fourth-order valence-corrected chi connectivity index (χ4v) is 2.71. The number of anilines is 2. The van der Waals surface area contributed by atoms with Crippen molar-refractivity contribution in [3.05, 3.63) is 48.3 Å². The van der Waals surface area contributed by atoms with Crippen LogP contribution >= 0.6 is 0 Å². The fraction of sp³-hybridized carbons (Fsp3) is 0.524. The van der Waals surface area contributed by atoms with E-state index in [0.29, 0.717) is 39.8 Å². The lowest BCUT2D eigenvalue weighted by Gasteiger charge is -2.33. The van der Waals surface area contributed by atoms with Crippen LogP contribution in [0.5, 0.6) is 0 Å². The Morgan fingerprint density at radius 2 is 1.60 bits per heavy atom. The molecule has 1 aliphatic heterocycles. The minimum absolute atomic E-state index is 0.371. The van der Waals surface area contributed by atoms with Crippen LogP contribution in [0.2, 0.25) is 0 Å². The van der Waals surface area contributed by atoms with Crippen molar-refractivity contribution in [1.29, 1.82) is 0 Å². The molecule has 170 valence electrons. The Morgan fingerprint density at radius 1 is 1.00 bits per heavy atom. The van der Waals surface area contributed by atoms with E-state index in [9.17, 15) is 18.3 Å². The normalized spacial score (nSPS) is 14.1. The van der Waals surface area contributed by atoms with Crippen LogP contribution in [-0.2, 0) is 0 Å². The van der Waals surface area contributed by atoms with Gasteiger partial charge in [-0.05, 0) is 5.56 Å². The molecule has 0 aliphatic carbocycles. The van der Waals surface area contributed by atoms with Gasteiger partial charge < -0.3 is 15.3 Å². The third-order valence-electron chi connectivity index (χ3n) is 4.18. The first-order valence-electron chi connectivity index (χ1n) is 9.84. The van der Waals surface area contributed by atoms with Gasteiger partial charge in [0, 0.05) is 38.8 Å². The predicted molar refractivity (Wildman–Crippen MR) is 117 cm³/mol. The zero-order valence-corrected chi connectivity index (χ0v) is 18.2. The molecule has 1 atom stereocenters. The summed E-state index contributed by atoms with van der Waals surface area (Å²) < 4.78 is 31.6. The highest BCUT2D eigenvalue weighted by atomic mass is 19.1. The molecule has 6 nitrogen and oxygen atoms in total. The summed E-state index contributed by atoms with van der Waals surface area (Å²) in [5.41, 5.74) is 0.863. The molecule has 1 fully saturated rings. The van der Waals surface area contributed by atoms with Crippen LogP contribution in [-0.4, -0.2) is 73.9 Å². The average Bonchev–Trinajstić information content (AvgIpc) is 2.87. The van der Waals surface area contributed by atoms with Crippen molar-refractivity contribution in [2.45, 2.75) is 20.0 Å². The second-order valence-corrected chi connectivity index (χ2v) is 5.79. The molecule has 30 heavy (non-hydrogen) atoms. The molecule has 1 saturated heterocycles. The monoisotopic (exact) mass is 429 g/mol. The number of piperazine rings is 1. The highest BCUT2D eigenvalue weighted by Crippen LogP contribution is 2.18. The van der Waals surface area contributed by atoms with E-state index in [1.807, 2.05) is 50.2 Å². The fourth-order valence-electron chi connectivity index (χ4n) is 2.71. The first kappa shape index (κ1) is 27.6. The summed E-state index contributed by atoms with van der Waals surface area (Å²) in [6, 6.07) is 11.4. The topological polar surface area (TPSA) is 64.5 Å². The van der Waals surface area contributed by atoms with Gasteiger partial charge in [-0.3, -0.25) is 13.7 Å². The number of hydrogen-bond donors (Lipinski definition) is 2. The van der Waals surface area contributed by atoms with Crippen LogP contribution in [0, 0.1) is 0 Å². The molecule has 1 aromatic carbocycles. The lowest BCUT2D eigenvalue weighted by atomic mass is 10.1. The van der Waals surface area contributed by atoms with Crippen molar-refractivity contribution in [1.82, 2.24) is 14.9 Å². The van der Waals surface area contributed by atoms with E-state index >= 15 is 0 Å². The van der Waals surface area contributed by atoms with Crippen LogP contribution < -0.4 is 10.2 Å². The number of alkyl halides is 3. The summed E-state index contributed by atoms with van der Waals surface area (Å²) >= 11 is 0. The second kappa shape index (κ2) is 17.5. The molecule has 1 aliphatic rings. The lowest BCUT2D eigenvalue weighted by Crippen LogP contribution is -2.46. The van der Waals surface area contributed by atoms with Crippen molar-refractivity contribution < 1.29 is 18.3 Å². The van der Waals surface area contributed by atoms with Crippen LogP contribution in [0.15, 0.2) is 42.7 Å². The zero-order valence-electron chi connectivity index (χ0n) is 18.2. The van der Waals surface area contributed by atoms with Gasteiger partial charge in [0.2, 0.25) is 0 Å². The van der Waals surface area contributed by atoms with Crippen LogP contribution in [0.1, 0.15) is 25.5 Å². The summed E-state index contributed by atoms with van der Waals surface area (Å²) in [4.78, 5) is 12.4. The largest absolute Gasteiger partial charge is 0.387 e. The van der Waals surface area contributed by atoms with Crippen LogP contribution in [0.4, 0.5) is 24.8 Å². The van der Waals surface area contributed by atoms with Crippen LogP contribution in [0.25, 0.3) is 0 Å². The van der Waals surface area contributed by atoms with Gasteiger partial charge in [0.05, 0.1) is 20.5 Å². The molecule has 3 rings (SSSR count). The maximum atomic E-state index is 12.6. The first-order valence-corrected chi connectivity index (χ1v) is 9.84. The number of rotatable bonds is 6. The Bertz CT molecular complexity index is 644. The van der Waals surface area contributed by atoms with E-state index in [2.05, 4.69) is 20.2 Å². The van der Waals surface area contributed by atoms with Gasteiger partial charge >= 0.3 is 0 Å². The van der Waals surface area contributed by atoms with Gasteiger partial charge in [0.1, 0.15) is 24.8 Å². The third-order valence-corrected chi connectivity index (χ3v) is 4.18. The average molecular weight is 430 g/mol. The Labute approximate surface area is 177 Å². The summed E-state index contributed by atoms with van der Waals surface area (Å²) in [6.07, 6.45) is 0.909. The van der Waals surface area contributed by atoms with E-state index in [-0.39, 0.29) is 0 Å². The molecule has 2 N–H and O–H groups in total. The number of nitrogens with zero attached hydrogens (tertiary/aromatic N) is 4. The van der Waals surface area contributed by atoms with Crippen LogP contribution in [0.3, 0.4) is 0 Å². The van der Waals surface area contributed by atoms with E-state index in [4.69, 9.17) is 0 Å². The Kier molecular flexibility index (Phi) is 16.1. The van der Waals surface area contributed by atoms with Gasteiger partial charge in [-0.25, -0.2) is 14.4 Å². The molecule has 9 heteroatoms. The van der Waals surface area contributed by atoms with E-state index < -0.39 is 12.9 Å². The Morgan fingerprint density at radius 3 is 2.17 bits per heavy atom. The Hall–Kier alpha value is -2.39. The van der Waals surface area contributed by atoms with Crippen molar-refractivity contribution in [3.63, 3.8) is 0 Å². The molecule has 0 spiro atoms. The van der Waals surface area contributed by atoms with E-state index in [0.717, 1.165) is 24.5 Å². The molecule has 0 saturated carbocycles. The number of halogens is 3. The summed E-state index contributed by atoms with van der Waals surface area (Å²) in [5, 5.41) is 13.3. The molecular formula is C21H34F3N5O. The van der Waals surface area contributed by atoms with Gasteiger partial charge in [-0.2, -0.15) is 0 Å². The van der Waals surface area contributed by atoms with Crippen molar-refractivity contribution in [2.75, 3.05) is 64.1 Å². The molecule has 0 amide bonds. The lowest BCUT2D eigenvalue weighted by molar-refractivity contribution is 0.176. The highest BCUT2D eigenvalue weighted by molar-refractivity contribution is 5.49. The van der Waals surface area contributed by atoms with E-state index in [1.165, 1.54) is 6.33 Å². The second-order valence-electron chi connectivity index (χ2n) is 5.79. The molecule has 1 unspecified atom stereocenters. The number of aliphatic hydroxyl groups is 1. The molecule has 0 bridgehead atoms. The minimum atomic E-state index is -0.599. The minimum Gasteiger partial charge on any atom is -0.387 e. The molecule has 0 radical (unpaired) electrons. The number of aromatic nitrogens is 2. The number of benzene rings is 1. The number of nitrogens with one attached hydrogen (secondary N) is 1. The van der Waals surface area contributed by atoms with E-state index in [1.54, 1.807) is 4.90 Å². The van der Waals surface area contributed by atoms with Crippen molar-refractivity contribution in [3.8, 4) is 0 Å². The summed E-state index contributed by atoms with van der Waals surface area (Å²) in [7, 11) is 1.00. The Balaban J connectivity index is 0.00000129. The van der Waals surface area contributed by atoms with Gasteiger partial charge in [-0.1, -0.05) is 44.2 Å². The standard InChI is InChI=1S/C17H22FN5O.C2H6.2CH3F/c18-12-22-6-8-23(9-7-22)17-10-16(20-13-21-17)19-11-15(24)14-4-2-1-3-5-14;3*1-2/h1-5,10,13,15,24H,6-9,11-12H2,(H,19,20,21);1-2H3;2*1H3. The molecule has 2 aromatic rings. The van der Waals surface area contributed by atoms with Gasteiger partial charge in [-0.15, -0.1) is 0 Å². The van der Waals surface area contributed by atoms with Gasteiger partial charge in [0.25, 0.3) is 0 Å². The number of aliphatic hydroxyl groups excluding tert-OH is 1. The maximum Gasteiger partial charge on any atom is 0.143 e. The van der Waals surface area contributed by atoms with Crippen molar-refractivity contribution in [2.24, 2.45) is 0 Å². The predicted octanol–water partition coefficient (Wildman–Crippen LogP) is 3.87. The molecule has 1 aromatic heterocycles. The summed E-state index contributed by atoms with van der Waals surface area (Å²) in [6.45, 7) is 6.84. The molecular weight excluding hydrogens is 395 g/mol. The molecule has 2 heterocycles. The summed E-state index contributed by atoms with van der Waals surface area (Å²) in [5.74, 6) is 1.49. The zero-order chi connectivity index (χ0) is 22.8. The smallest absolute Gasteiger partial charge is 0.143 e.